The highest BCUT2D eigenvalue weighted by atomic mass is 79.9. The molecule has 0 bridgehead atoms. The number of thioether (sulfide) groups is 1. The lowest BCUT2D eigenvalue weighted by Crippen LogP contribution is -2.31. The van der Waals surface area contributed by atoms with E-state index >= 15 is 0 Å². The number of benzene rings is 1. The smallest absolute Gasteiger partial charge is 0.326 e. The molecule has 0 amide bonds. The molecule has 25 heavy (non-hydrogen) atoms. The van der Waals surface area contributed by atoms with Gasteiger partial charge in [-0.05, 0) is 25.1 Å². The summed E-state index contributed by atoms with van der Waals surface area (Å²) in [5.74, 6) is 1.83. The normalized spacial score (nSPS) is 20.9. The van der Waals surface area contributed by atoms with E-state index in [4.69, 9.17) is 9.47 Å². The van der Waals surface area contributed by atoms with Gasteiger partial charge in [0.1, 0.15) is 12.3 Å². The molecular formula is C17H16BrNO4S2. The van der Waals surface area contributed by atoms with Gasteiger partial charge in [-0.3, -0.25) is 14.2 Å². The summed E-state index contributed by atoms with van der Waals surface area (Å²) >= 11 is 6.41. The van der Waals surface area contributed by atoms with Gasteiger partial charge in [0, 0.05) is 32.5 Å². The van der Waals surface area contributed by atoms with Crippen LogP contribution in [-0.2, 0) is 16.1 Å². The van der Waals surface area contributed by atoms with Crippen LogP contribution in [0, 0.1) is 5.92 Å². The fourth-order valence-corrected chi connectivity index (χ4v) is 6.42. The predicted octanol–water partition coefficient (Wildman–Crippen LogP) is 3.48. The molecule has 5 nitrogen and oxygen atoms in total. The Labute approximate surface area is 161 Å². The summed E-state index contributed by atoms with van der Waals surface area (Å²) in [5, 5.41) is 0.900. The summed E-state index contributed by atoms with van der Waals surface area (Å²) < 4.78 is 13.5. The maximum atomic E-state index is 12.5. The van der Waals surface area contributed by atoms with E-state index in [9.17, 15) is 9.59 Å². The summed E-state index contributed by atoms with van der Waals surface area (Å²) in [6.07, 6.45) is 0. The lowest BCUT2D eigenvalue weighted by atomic mass is 9.84. The maximum Gasteiger partial charge on any atom is 0.326 e. The first kappa shape index (κ1) is 17.2. The van der Waals surface area contributed by atoms with Gasteiger partial charge in [-0.25, -0.2) is 0 Å². The first-order valence-corrected chi connectivity index (χ1v) is 10.6. The van der Waals surface area contributed by atoms with Crippen molar-refractivity contribution in [1.82, 2.24) is 4.57 Å². The van der Waals surface area contributed by atoms with Gasteiger partial charge in [0.2, 0.25) is 0 Å². The largest absolute Gasteiger partial charge is 0.493 e. The van der Waals surface area contributed by atoms with Gasteiger partial charge < -0.3 is 9.47 Å². The van der Waals surface area contributed by atoms with Crippen LogP contribution in [0.3, 0.4) is 0 Å². The molecule has 2 aliphatic heterocycles. The van der Waals surface area contributed by atoms with Crippen LogP contribution in [0.4, 0.5) is 0 Å². The van der Waals surface area contributed by atoms with Crippen LogP contribution < -0.4 is 9.61 Å². The molecule has 1 aromatic heterocycles. The Morgan fingerprint density at radius 1 is 1.48 bits per heavy atom. The van der Waals surface area contributed by atoms with Gasteiger partial charge in [0.05, 0.1) is 18.2 Å². The Hall–Kier alpha value is -1.25. The first-order chi connectivity index (χ1) is 12.1. The van der Waals surface area contributed by atoms with E-state index in [-0.39, 0.29) is 23.3 Å². The second kappa shape index (κ2) is 6.81. The molecule has 0 saturated carbocycles. The van der Waals surface area contributed by atoms with Crippen molar-refractivity contribution in [1.29, 1.82) is 0 Å². The zero-order valence-corrected chi connectivity index (χ0v) is 16.7. The number of esters is 1. The Balaban J connectivity index is 1.78. The van der Waals surface area contributed by atoms with Gasteiger partial charge in [0.25, 0.3) is 0 Å². The number of rotatable bonds is 3. The molecule has 0 fully saturated rings. The molecule has 2 atom stereocenters. The van der Waals surface area contributed by atoms with Crippen LogP contribution in [0.1, 0.15) is 23.3 Å². The molecule has 0 aliphatic carbocycles. The predicted molar refractivity (Wildman–Crippen MR) is 101 cm³/mol. The Bertz CT molecular complexity index is 891. The third-order valence-corrected chi connectivity index (χ3v) is 7.41. The Morgan fingerprint density at radius 3 is 3.12 bits per heavy atom. The van der Waals surface area contributed by atoms with Crippen molar-refractivity contribution in [2.75, 3.05) is 19.0 Å². The van der Waals surface area contributed by atoms with Crippen molar-refractivity contribution in [3.8, 4) is 5.75 Å². The van der Waals surface area contributed by atoms with Gasteiger partial charge in [-0.2, -0.15) is 0 Å². The van der Waals surface area contributed by atoms with Crippen molar-refractivity contribution in [3.05, 3.63) is 42.8 Å². The summed E-state index contributed by atoms with van der Waals surface area (Å²) in [7, 11) is 0. The third-order valence-electron chi connectivity index (χ3n) is 4.41. The second-order valence-electron chi connectivity index (χ2n) is 5.97. The molecule has 0 N–H and O–H groups in total. The van der Waals surface area contributed by atoms with E-state index in [2.05, 4.69) is 22.0 Å². The lowest BCUT2D eigenvalue weighted by molar-refractivity contribution is -0.144. The SMILES string of the molecule is CCOC(=O)Cn1c2c(sc1=O)[C@H]1c3cc(Br)ccc3OC[C@@H]1CS2. The summed E-state index contributed by atoms with van der Waals surface area (Å²) in [4.78, 5) is 25.3. The van der Waals surface area contributed by atoms with Crippen molar-refractivity contribution >= 4 is 45.0 Å². The maximum absolute atomic E-state index is 12.5. The number of hydrogen-bond donors (Lipinski definition) is 0. The van der Waals surface area contributed by atoms with Gasteiger partial charge >= 0.3 is 10.8 Å². The standard InChI is InChI=1S/C17H16BrNO4S2/c1-2-22-13(20)6-19-16-15(25-17(19)21)14-9(8-24-16)7-23-12-4-3-10(18)5-11(12)14/h3-5,9,14H,2,6-8H2,1H3/t9-,14-/m1/s1. The monoisotopic (exact) mass is 441 g/mol. The lowest BCUT2D eigenvalue weighted by Gasteiger charge is -2.36. The molecule has 2 aliphatic rings. The second-order valence-corrected chi connectivity index (χ2v) is 8.89. The van der Waals surface area contributed by atoms with E-state index in [0.717, 1.165) is 31.4 Å². The summed E-state index contributed by atoms with van der Waals surface area (Å²) in [5.41, 5.74) is 1.11. The van der Waals surface area contributed by atoms with E-state index in [1.165, 1.54) is 11.3 Å². The molecule has 0 spiro atoms. The molecule has 8 heteroatoms. The van der Waals surface area contributed by atoms with E-state index in [1.54, 1.807) is 23.3 Å². The Morgan fingerprint density at radius 2 is 2.32 bits per heavy atom. The third kappa shape index (κ3) is 3.04. The van der Waals surface area contributed by atoms with Crippen molar-refractivity contribution in [2.45, 2.75) is 24.4 Å². The number of halogens is 1. The van der Waals surface area contributed by atoms with Crippen molar-refractivity contribution < 1.29 is 14.3 Å². The topological polar surface area (TPSA) is 57.5 Å². The fraction of sp³-hybridized carbons (Fsp3) is 0.412. The number of carbonyl (C=O) groups is 1. The van der Waals surface area contributed by atoms with Gasteiger partial charge in [-0.1, -0.05) is 27.3 Å². The van der Waals surface area contributed by atoms with Crippen LogP contribution in [0.2, 0.25) is 0 Å². The van der Waals surface area contributed by atoms with Crippen molar-refractivity contribution in [3.63, 3.8) is 0 Å². The minimum Gasteiger partial charge on any atom is -0.493 e. The van der Waals surface area contributed by atoms with Crippen LogP contribution in [0.25, 0.3) is 0 Å². The number of nitrogens with zero attached hydrogens (tertiary/aromatic N) is 1. The van der Waals surface area contributed by atoms with E-state index < -0.39 is 0 Å². The Kier molecular flexibility index (Phi) is 4.68. The van der Waals surface area contributed by atoms with Crippen LogP contribution in [-0.4, -0.2) is 29.5 Å². The average Bonchev–Trinajstić information content (AvgIpc) is 2.90. The van der Waals surface area contributed by atoms with Gasteiger partial charge in [-0.15, -0.1) is 11.8 Å². The number of aromatic nitrogens is 1. The van der Waals surface area contributed by atoms with E-state index in [0.29, 0.717) is 19.1 Å². The molecule has 2 aromatic rings. The van der Waals surface area contributed by atoms with Gasteiger partial charge in [0.15, 0.2) is 0 Å². The van der Waals surface area contributed by atoms with Crippen LogP contribution in [0.5, 0.6) is 5.75 Å². The number of ether oxygens (including phenoxy) is 2. The molecule has 0 radical (unpaired) electrons. The number of thiazole rings is 1. The highest BCUT2D eigenvalue weighted by molar-refractivity contribution is 9.10. The highest BCUT2D eigenvalue weighted by Gasteiger charge is 2.40. The van der Waals surface area contributed by atoms with Crippen LogP contribution >= 0.6 is 39.0 Å². The summed E-state index contributed by atoms with van der Waals surface area (Å²) in [6, 6.07) is 6.01. The highest BCUT2D eigenvalue weighted by Crippen LogP contribution is 2.50. The molecule has 0 unspecified atom stereocenters. The van der Waals surface area contributed by atoms with E-state index in [1.807, 2.05) is 12.1 Å². The first-order valence-electron chi connectivity index (χ1n) is 8.02. The number of fused-ring (bicyclic) bond motifs is 5. The minimum atomic E-state index is -0.372. The molecule has 4 rings (SSSR count). The quantitative estimate of drug-likeness (QED) is 0.682. The molecule has 3 heterocycles. The molecule has 132 valence electrons. The molecular weight excluding hydrogens is 426 g/mol. The van der Waals surface area contributed by atoms with Crippen molar-refractivity contribution in [2.24, 2.45) is 5.92 Å². The average molecular weight is 442 g/mol. The zero-order valence-electron chi connectivity index (χ0n) is 13.5. The fourth-order valence-electron chi connectivity index (χ4n) is 3.35. The minimum absolute atomic E-state index is 0.0231. The number of hydrogen-bond acceptors (Lipinski definition) is 6. The van der Waals surface area contributed by atoms with Crippen LogP contribution in [0.15, 0.2) is 32.5 Å². The summed E-state index contributed by atoms with van der Waals surface area (Å²) in [6.45, 7) is 2.71. The molecule has 1 aromatic carbocycles. The molecule has 0 saturated heterocycles. The number of carbonyl (C=O) groups excluding carboxylic acids is 1. The zero-order chi connectivity index (χ0) is 17.6.